The third-order valence-electron chi connectivity index (χ3n) is 6.74. The minimum Gasteiger partial charge on any atom is -0.481 e. The molecule has 0 saturated heterocycles. The molecule has 0 aliphatic carbocycles. The van der Waals surface area contributed by atoms with Gasteiger partial charge in [0.2, 0.25) is 0 Å². The molecule has 2 aliphatic rings. The van der Waals surface area contributed by atoms with Crippen molar-refractivity contribution in [3.8, 4) is 32.4 Å². The van der Waals surface area contributed by atoms with Crippen LogP contribution in [0.25, 0.3) is 31.9 Å². The normalized spacial score (nSPS) is 17.4. The van der Waals surface area contributed by atoms with Crippen LogP contribution >= 0.6 is 22.7 Å². The molecule has 31 heavy (non-hydrogen) atoms. The predicted molar refractivity (Wildman–Crippen MR) is 125 cm³/mol. The molecule has 0 N–H and O–H groups in total. The second-order valence-electron chi connectivity index (χ2n) is 9.57. The minimum atomic E-state index is -0.558. The first-order chi connectivity index (χ1) is 14.5. The van der Waals surface area contributed by atoms with Gasteiger partial charge in [0, 0.05) is 43.1 Å². The standard InChI is InChI=1S/C24H24N2O3S2/c1-9-11(3)30-21-13-15(23(5,6)27-19(9)21)16-14(18-17(13)25-29-26-18)22-20(28-24(16,7)8)10(2)12(4)31-22/h1-8H3. The van der Waals surface area contributed by atoms with Crippen LogP contribution in [0.15, 0.2) is 4.63 Å². The van der Waals surface area contributed by atoms with Crippen molar-refractivity contribution in [1.82, 2.24) is 10.3 Å². The lowest BCUT2D eigenvalue weighted by Gasteiger charge is -2.42. The van der Waals surface area contributed by atoms with E-state index >= 15 is 0 Å². The first-order valence-corrected chi connectivity index (χ1v) is 12.1. The van der Waals surface area contributed by atoms with E-state index in [-0.39, 0.29) is 0 Å². The summed E-state index contributed by atoms with van der Waals surface area (Å²) in [6.07, 6.45) is 0. The Morgan fingerprint density at radius 1 is 0.645 bits per heavy atom. The molecule has 0 fully saturated rings. The number of nitrogens with zero attached hydrogens (tertiary/aromatic N) is 2. The highest BCUT2D eigenvalue weighted by molar-refractivity contribution is 7.16. The number of thiophene rings is 2. The second kappa shape index (κ2) is 5.70. The molecule has 4 aromatic rings. The van der Waals surface area contributed by atoms with E-state index in [1.54, 1.807) is 22.7 Å². The third-order valence-corrected chi connectivity index (χ3v) is 9.16. The van der Waals surface area contributed by atoms with Crippen LogP contribution in [0.3, 0.4) is 0 Å². The maximum Gasteiger partial charge on any atom is 0.145 e. The van der Waals surface area contributed by atoms with Gasteiger partial charge in [-0.25, -0.2) is 4.63 Å². The maximum atomic E-state index is 6.68. The highest BCUT2D eigenvalue weighted by Gasteiger charge is 2.48. The average molecular weight is 453 g/mol. The lowest BCUT2D eigenvalue weighted by atomic mass is 9.75. The number of hydrogen-bond acceptors (Lipinski definition) is 7. The van der Waals surface area contributed by atoms with Crippen LogP contribution < -0.4 is 9.47 Å². The van der Waals surface area contributed by atoms with E-state index < -0.39 is 11.2 Å². The van der Waals surface area contributed by atoms with Crippen LogP contribution in [-0.4, -0.2) is 10.3 Å². The van der Waals surface area contributed by atoms with Crippen LogP contribution in [0.5, 0.6) is 11.5 Å². The Morgan fingerprint density at radius 2 is 1.03 bits per heavy atom. The van der Waals surface area contributed by atoms with Gasteiger partial charge in [0.05, 0.1) is 9.75 Å². The molecule has 6 rings (SSSR count). The first kappa shape index (κ1) is 19.3. The molecule has 0 atom stereocenters. The molecule has 5 heterocycles. The first-order valence-electron chi connectivity index (χ1n) is 10.4. The van der Waals surface area contributed by atoms with Crippen molar-refractivity contribution in [2.45, 2.75) is 66.6 Å². The molecule has 0 bridgehead atoms. The molecular weight excluding hydrogens is 428 g/mol. The zero-order valence-corrected chi connectivity index (χ0v) is 20.6. The number of aromatic nitrogens is 2. The molecule has 7 heteroatoms. The van der Waals surface area contributed by atoms with Crippen molar-refractivity contribution < 1.29 is 14.1 Å². The summed E-state index contributed by atoms with van der Waals surface area (Å²) in [5.41, 5.74) is 7.26. The lowest BCUT2D eigenvalue weighted by molar-refractivity contribution is 0.0791. The van der Waals surface area contributed by atoms with Gasteiger partial charge in [-0.05, 0) is 65.7 Å². The monoisotopic (exact) mass is 452 g/mol. The summed E-state index contributed by atoms with van der Waals surface area (Å²) in [4.78, 5) is 4.71. The van der Waals surface area contributed by atoms with E-state index in [0.717, 1.165) is 54.5 Å². The molecule has 5 nitrogen and oxygen atoms in total. The van der Waals surface area contributed by atoms with Gasteiger partial charge in [0.1, 0.15) is 33.7 Å². The summed E-state index contributed by atoms with van der Waals surface area (Å²) in [6, 6.07) is 0. The number of benzene rings is 1. The molecule has 1 aromatic carbocycles. The smallest absolute Gasteiger partial charge is 0.145 e. The summed E-state index contributed by atoms with van der Waals surface area (Å²) in [5.74, 6) is 1.89. The molecule has 0 amide bonds. The highest BCUT2D eigenvalue weighted by Crippen LogP contribution is 2.61. The Bertz CT molecular complexity index is 1330. The largest absolute Gasteiger partial charge is 0.481 e. The molecule has 0 spiro atoms. The Hall–Kier alpha value is -2.38. The Kier molecular flexibility index (Phi) is 3.55. The average Bonchev–Trinajstić information content (AvgIpc) is 3.35. The van der Waals surface area contributed by atoms with Gasteiger partial charge in [0.15, 0.2) is 0 Å². The van der Waals surface area contributed by atoms with Crippen LogP contribution in [-0.2, 0) is 11.2 Å². The zero-order valence-electron chi connectivity index (χ0n) is 18.9. The van der Waals surface area contributed by atoms with Crippen molar-refractivity contribution in [2.24, 2.45) is 0 Å². The summed E-state index contributed by atoms with van der Waals surface area (Å²) >= 11 is 3.50. The maximum absolute atomic E-state index is 6.68. The van der Waals surface area contributed by atoms with Gasteiger partial charge < -0.3 is 9.47 Å². The van der Waals surface area contributed by atoms with Gasteiger partial charge in [-0.15, -0.1) is 22.7 Å². The number of aryl methyl sites for hydroxylation is 2. The summed E-state index contributed by atoms with van der Waals surface area (Å²) < 4.78 is 18.7. The Balaban J connectivity index is 1.87. The fraction of sp³-hybridized carbons (Fsp3) is 0.417. The van der Waals surface area contributed by atoms with Crippen molar-refractivity contribution in [1.29, 1.82) is 0 Å². The minimum absolute atomic E-state index is 0.558. The molecule has 0 radical (unpaired) electrons. The van der Waals surface area contributed by atoms with Crippen molar-refractivity contribution in [2.75, 3.05) is 0 Å². The van der Waals surface area contributed by atoms with Crippen molar-refractivity contribution in [3.05, 3.63) is 32.0 Å². The summed E-state index contributed by atoms with van der Waals surface area (Å²) in [5, 5.41) is 8.84. The van der Waals surface area contributed by atoms with Gasteiger partial charge in [0.25, 0.3) is 0 Å². The molecule has 0 saturated carbocycles. The van der Waals surface area contributed by atoms with Crippen LogP contribution in [0.1, 0.15) is 59.7 Å². The number of ether oxygens (including phenoxy) is 2. The summed E-state index contributed by atoms with van der Waals surface area (Å²) in [6.45, 7) is 17.1. The quantitative estimate of drug-likeness (QED) is 0.283. The molecular formula is C24H24N2O3S2. The summed E-state index contributed by atoms with van der Waals surface area (Å²) in [7, 11) is 0. The highest BCUT2D eigenvalue weighted by atomic mass is 32.1. The molecule has 3 aromatic heterocycles. The van der Waals surface area contributed by atoms with Crippen LogP contribution in [0.2, 0.25) is 0 Å². The number of hydrogen-bond donors (Lipinski definition) is 0. The molecule has 0 unspecified atom stereocenters. The zero-order chi connectivity index (χ0) is 22.0. The van der Waals surface area contributed by atoms with Gasteiger partial charge in [-0.3, -0.25) is 0 Å². The molecule has 160 valence electrons. The van der Waals surface area contributed by atoms with E-state index in [1.807, 2.05) is 0 Å². The molecule has 2 aliphatic heterocycles. The van der Waals surface area contributed by atoms with Gasteiger partial charge in [-0.1, -0.05) is 0 Å². The third kappa shape index (κ3) is 2.26. The Morgan fingerprint density at radius 3 is 1.42 bits per heavy atom. The Labute approximate surface area is 189 Å². The van der Waals surface area contributed by atoms with Crippen LogP contribution in [0.4, 0.5) is 0 Å². The van der Waals surface area contributed by atoms with E-state index in [9.17, 15) is 0 Å². The van der Waals surface area contributed by atoms with Crippen molar-refractivity contribution >= 4 is 33.7 Å². The predicted octanol–water partition coefficient (Wildman–Crippen LogP) is 7.17. The van der Waals surface area contributed by atoms with Crippen LogP contribution in [0, 0.1) is 27.7 Å². The van der Waals surface area contributed by atoms with E-state index in [2.05, 4.69) is 65.7 Å². The lowest BCUT2D eigenvalue weighted by Crippen LogP contribution is -2.38. The van der Waals surface area contributed by atoms with E-state index in [4.69, 9.17) is 14.1 Å². The second-order valence-corrected chi connectivity index (χ2v) is 12.0. The van der Waals surface area contributed by atoms with Crippen molar-refractivity contribution in [3.63, 3.8) is 0 Å². The SMILES string of the molecule is Cc1sc2c(c1C)OC(C)(C)c1c3c(c4nonc4c1-2)-c1sc(C)c(C)c1OC3(C)C. The topological polar surface area (TPSA) is 57.4 Å². The number of fused-ring (bicyclic) bond motifs is 10. The van der Waals surface area contributed by atoms with E-state index in [0.29, 0.717) is 0 Å². The van der Waals surface area contributed by atoms with Gasteiger partial charge >= 0.3 is 0 Å². The fourth-order valence-electron chi connectivity index (χ4n) is 5.05. The van der Waals surface area contributed by atoms with E-state index in [1.165, 1.54) is 20.9 Å². The fourth-order valence-corrected chi connectivity index (χ4v) is 7.33. The van der Waals surface area contributed by atoms with Gasteiger partial charge in [-0.2, -0.15) is 0 Å². The number of rotatable bonds is 0.